The van der Waals surface area contributed by atoms with Gasteiger partial charge in [0.1, 0.15) is 36.4 Å². The molecule has 2 aliphatic rings. The maximum absolute atomic E-state index is 14.5. The second-order valence-electron chi connectivity index (χ2n) is 13.0. The summed E-state index contributed by atoms with van der Waals surface area (Å²) in [5.74, 6) is -0.679. The van der Waals surface area contributed by atoms with Crippen molar-refractivity contribution < 1.29 is 33.0 Å². The summed E-state index contributed by atoms with van der Waals surface area (Å²) in [7, 11) is 1.80. The molecule has 14 nitrogen and oxygen atoms in total. The van der Waals surface area contributed by atoms with Crippen LogP contribution >= 0.6 is 0 Å². The summed E-state index contributed by atoms with van der Waals surface area (Å²) in [4.78, 5) is 49.2. The summed E-state index contributed by atoms with van der Waals surface area (Å²) < 4.78 is 35.0. The number of hydrogen-bond acceptors (Lipinski definition) is 9. The molecule has 0 fully saturated rings. The smallest absolute Gasteiger partial charge is 0.412 e. The maximum Gasteiger partial charge on any atom is 0.412 e. The third-order valence-electron chi connectivity index (χ3n) is 8.92. The Morgan fingerprint density at radius 3 is 2.45 bits per heavy atom. The SMILES string of the molecule is CC1CC/C=C/[C@H](OC(=O)Nc2ccc(Cn3nc4c5c(cc(F)cc5c3=O)NCC4c3ncnn3C)cc2)CC1.Fc1ccccc1.O=CNCC(=O)O. The number of nitrogens with zero attached hydrogens (tertiary/aromatic N) is 5. The zero-order chi connectivity index (χ0) is 39.3. The minimum absolute atomic E-state index is 0.169. The van der Waals surface area contributed by atoms with Gasteiger partial charge in [-0.3, -0.25) is 24.4 Å². The van der Waals surface area contributed by atoms with Crippen molar-refractivity contribution in [2.24, 2.45) is 13.0 Å². The number of aliphatic carboxylic acids is 1. The van der Waals surface area contributed by atoms with E-state index in [1.807, 2.05) is 23.5 Å². The summed E-state index contributed by atoms with van der Waals surface area (Å²) in [5, 5.41) is 25.6. The fourth-order valence-electron chi connectivity index (χ4n) is 6.16. The second kappa shape index (κ2) is 19.0. The van der Waals surface area contributed by atoms with Crippen LogP contribution in [0.1, 0.15) is 55.6 Å². The van der Waals surface area contributed by atoms with Crippen LogP contribution in [0, 0.1) is 17.6 Å². The number of nitrogens with one attached hydrogen (secondary N) is 3. The van der Waals surface area contributed by atoms with Gasteiger partial charge in [0.25, 0.3) is 5.56 Å². The molecule has 55 heavy (non-hydrogen) atoms. The quantitative estimate of drug-likeness (QED) is 0.115. The van der Waals surface area contributed by atoms with Crippen LogP contribution in [0.25, 0.3) is 10.8 Å². The van der Waals surface area contributed by atoms with Crippen LogP contribution in [-0.2, 0) is 27.9 Å². The van der Waals surface area contributed by atoms with Gasteiger partial charge in [-0.05, 0) is 79.6 Å². The lowest BCUT2D eigenvalue weighted by molar-refractivity contribution is -0.136. The fraction of sp³-hybridized carbons (Fsp3) is 0.308. The molecule has 2 unspecified atom stereocenters. The first-order valence-electron chi connectivity index (χ1n) is 17.7. The van der Waals surface area contributed by atoms with Gasteiger partial charge in [-0.1, -0.05) is 43.3 Å². The van der Waals surface area contributed by atoms with Crippen molar-refractivity contribution in [1.82, 2.24) is 29.9 Å². The van der Waals surface area contributed by atoms with Crippen molar-refractivity contribution in [1.29, 1.82) is 0 Å². The third kappa shape index (κ3) is 11.0. The molecule has 5 aromatic rings. The highest BCUT2D eigenvalue weighted by atomic mass is 19.1. The van der Waals surface area contributed by atoms with E-state index in [2.05, 4.69) is 33.7 Å². The van der Waals surface area contributed by atoms with E-state index in [-0.39, 0.29) is 36.3 Å². The largest absolute Gasteiger partial charge is 0.480 e. The summed E-state index contributed by atoms with van der Waals surface area (Å²) in [6.07, 6.45) is 9.09. The fourth-order valence-corrected chi connectivity index (χ4v) is 6.16. The monoisotopic (exact) mass is 756 g/mol. The molecule has 4 N–H and O–H groups in total. The van der Waals surface area contributed by atoms with Crippen molar-refractivity contribution in [2.45, 2.75) is 51.2 Å². The second-order valence-corrected chi connectivity index (χ2v) is 13.0. The number of hydrogen-bond donors (Lipinski definition) is 4. The Hall–Kier alpha value is -6.45. The predicted octanol–water partition coefficient (Wildman–Crippen LogP) is 5.60. The molecule has 3 atom stereocenters. The van der Waals surface area contributed by atoms with Gasteiger partial charge >= 0.3 is 12.1 Å². The molecule has 0 bridgehead atoms. The van der Waals surface area contributed by atoms with E-state index in [0.29, 0.717) is 47.2 Å². The topological polar surface area (TPSA) is 182 Å². The number of allylic oxidation sites excluding steroid dienone is 1. The van der Waals surface area contributed by atoms with Crippen molar-refractivity contribution in [3.8, 4) is 0 Å². The van der Waals surface area contributed by atoms with Crippen LogP contribution in [0.5, 0.6) is 0 Å². The van der Waals surface area contributed by atoms with E-state index in [1.165, 1.54) is 35.3 Å². The number of amides is 2. The number of aryl methyl sites for hydroxylation is 1. The van der Waals surface area contributed by atoms with Crippen LogP contribution in [0.4, 0.5) is 25.0 Å². The average Bonchev–Trinajstić information content (AvgIpc) is 3.59. The molecule has 1 aliphatic carbocycles. The number of carboxylic acid groups (broad SMARTS) is 1. The number of halogens is 2. The molecule has 0 saturated heterocycles. The summed E-state index contributed by atoms with van der Waals surface area (Å²) in [6, 6.07) is 17.7. The van der Waals surface area contributed by atoms with E-state index < -0.39 is 23.4 Å². The Morgan fingerprint density at radius 2 is 1.82 bits per heavy atom. The molecule has 0 radical (unpaired) electrons. The molecule has 7 rings (SSSR count). The molecule has 3 aromatic carbocycles. The number of carbonyl (C=O) groups is 3. The minimum atomic E-state index is -1.04. The first kappa shape index (κ1) is 39.8. The van der Waals surface area contributed by atoms with Gasteiger partial charge < -0.3 is 20.5 Å². The molecule has 3 heterocycles. The summed E-state index contributed by atoms with van der Waals surface area (Å²) in [5.41, 5.74) is 2.16. The van der Waals surface area contributed by atoms with Crippen molar-refractivity contribution in [3.63, 3.8) is 0 Å². The molecule has 0 spiro atoms. The van der Waals surface area contributed by atoms with E-state index in [9.17, 15) is 28.0 Å². The highest BCUT2D eigenvalue weighted by Gasteiger charge is 2.30. The van der Waals surface area contributed by atoms with Gasteiger partial charge in [-0.25, -0.2) is 23.2 Å². The van der Waals surface area contributed by atoms with E-state index >= 15 is 0 Å². The van der Waals surface area contributed by atoms with Gasteiger partial charge in [0.05, 0.1) is 23.5 Å². The van der Waals surface area contributed by atoms with Crippen LogP contribution in [0.3, 0.4) is 0 Å². The molecule has 2 aromatic heterocycles. The molecule has 0 saturated carbocycles. The molecule has 288 valence electrons. The lowest BCUT2D eigenvalue weighted by atomic mass is 9.94. The number of ether oxygens (including phenoxy) is 1. The normalized spacial score (nSPS) is 17.7. The lowest BCUT2D eigenvalue weighted by Gasteiger charge is -2.26. The van der Waals surface area contributed by atoms with Crippen LogP contribution < -0.4 is 21.5 Å². The van der Waals surface area contributed by atoms with E-state index in [4.69, 9.17) is 14.9 Å². The zero-order valence-electron chi connectivity index (χ0n) is 30.3. The molecular weight excluding hydrogens is 714 g/mol. The molecule has 1 aliphatic heterocycles. The van der Waals surface area contributed by atoms with Gasteiger partial charge in [-0.15, -0.1) is 0 Å². The molecule has 16 heteroatoms. The summed E-state index contributed by atoms with van der Waals surface area (Å²) >= 11 is 0. The number of carboxylic acids is 1. The molecular formula is C39H42F2N8O6. The Morgan fingerprint density at radius 1 is 1.05 bits per heavy atom. The number of anilines is 2. The average molecular weight is 757 g/mol. The summed E-state index contributed by atoms with van der Waals surface area (Å²) in [6.45, 7) is 2.53. The highest BCUT2D eigenvalue weighted by Crippen LogP contribution is 2.36. The van der Waals surface area contributed by atoms with Crippen LogP contribution in [-0.4, -0.2) is 67.3 Å². The lowest BCUT2D eigenvalue weighted by Crippen LogP contribution is -2.31. The Balaban J connectivity index is 0.000000350. The number of carbonyl (C=O) groups excluding carboxylic acids is 2. The zero-order valence-corrected chi connectivity index (χ0v) is 30.3. The Bertz CT molecular complexity index is 2180. The van der Waals surface area contributed by atoms with Gasteiger partial charge in [0.2, 0.25) is 6.41 Å². The maximum atomic E-state index is 14.5. The number of rotatable bonds is 8. The van der Waals surface area contributed by atoms with Gasteiger partial charge in [0.15, 0.2) is 0 Å². The minimum Gasteiger partial charge on any atom is -0.480 e. The van der Waals surface area contributed by atoms with E-state index in [1.54, 1.807) is 42.1 Å². The molecule has 2 amide bonds. The van der Waals surface area contributed by atoms with Crippen molar-refractivity contribution in [3.05, 3.63) is 124 Å². The number of benzene rings is 3. The number of aromatic nitrogens is 5. The first-order valence-corrected chi connectivity index (χ1v) is 17.7. The van der Waals surface area contributed by atoms with Gasteiger partial charge in [0, 0.05) is 30.4 Å². The Kier molecular flexibility index (Phi) is 13.8. The van der Waals surface area contributed by atoms with Gasteiger partial charge in [-0.2, -0.15) is 10.2 Å². The first-order chi connectivity index (χ1) is 26.5. The van der Waals surface area contributed by atoms with Crippen LogP contribution in [0.15, 0.2) is 90.0 Å². The Labute approximate surface area is 315 Å². The highest BCUT2D eigenvalue weighted by molar-refractivity contribution is 5.97. The van der Waals surface area contributed by atoms with Crippen molar-refractivity contribution >= 4 is 40.6 Å². The van der Waals surface area contributed by atoms with Crippen molar-refractivity contribution in [2.75, 3.05) is 23.7 Å². The third-order valence-corrected chi connectivity index (χ3v) is 8.92. The van der Waals surface area contributed by atoms with Crippen LogP contribution in [0.2, 0.25) is 0 Å². The predicted molar refractivity (Wildman–Crippen MR) is 202 cm³/mol. The standard InChI is InChI=1S/C30H32FN7O3.C6H5F.C3H5NO3/c1-18-5-3-4-6-22(12-7-18)41-30(40)35-21-10-8-19(9-11-21)16-38-29(39)23-13-20(31)14-25-26(23)27(36-38)24(15-32-25)28-33-17-34-37(28)2;7-6-4-2-1-3-5-6;5-2-4-1-3(6)7/h4,6,8-11,13-14,17-18,22,24,32H,3,5,7,12,15-16H2,1-2H3,(H,35,40);1-5H;2H,1H2,(H,4,5)(H,6,7)/b6-4+;;/t18?,22-,24?;;/m0../s1. The van der Waals surface area contributed by atoms with E-state index in [0.717, 1.165) is 31.2 Å².